The minimum Gasteiger partial charge on any atom is -0.390 e. The third-order valence-electron chi connectivity index (χ3n) is 2.80. The van der Waals surface area contributed by atoms with Crippen molar-refractivity contribution in [2.75, 3.05) is 6.16 Å². The summed E-state index contributed by atoms with van der Waals surface area (Å²) < 4.78 is 30.2. The highest BCUT2D eigenvalue weighted by Crippen LogP contribution is 2.30. The molecule has 1 saturated heterocycles. The maximum absolute atomic E-state index is 13.1. The van der Waals surface area contributed by atoms with E-state index in [0.717, 1.165) is 4.57 Å². The molecule has 0 bridgehead atoms. The second-order valence-corrected chi connectivity index (χ2v) is 5.37. The fourth-order valence-electron chi connectivity index (χ4n) is 1.90. The largest absolute Gasteiger partial charge is 0.432 e. The van der Waals surface area contributed by atoms with Gasteiger partial charge in [0.1, 0.15) is 12.3 Å². The van der Waals surface area contributed by atoms with E-state index in [2.05, 4.69) is 0 Å². The number of nitrogens with one attached hydrogen (secondary N) is 1. The zero-order chi connectivity index (χ0) is 14.2. The third-order valence-corrected chi connectivity index (χ3v) is 3.52. The van der Waals surface area contributed by atoms with Crippen LogP contribution in [-0.2, 0) is 9.30 Å². The highest BCUT2D eigenvalue weighted by molar-refractivity contribution is 7.41. The molecule has 10 heteroatoms. The lowest BCUT2D eigenvalue weighted by atomic mass is 10.2. The number of aliphatic hydroxyl groups excluding tert-OH is 1. The van der Waals surface area contributed by atoms with Crippen molar-refractivity contribution in [3.05, 3.63) is 32.9 Å². The number of aromatic nitrogens is 2. The van der Waals surface area contributed by atoms with E-state index < -0.39 is 43.5 Å². The Labute approximate surface area is 106 Å². The Morgan fingerprint density at radius 1 is 1.63 bits per heavy atom. The van der Waals surface area contributed by atoms with Crippen molar-refractivity contribution in [2.45, 2.75) is 24.9 Å². The molecule has 0 aromatic carbocycles. The summed E-state index contributed by atoms with van der Waals surface area (Å²) in [5.41, 5.74) is 3.16. The molecule has 1 aliphatic rings. The minimum atomic E-state index is -2.00. The topological polar surface area (TPSA) is 127 Å². The predicted molar refractivity (Wildman–Crippen MR) is 62.5 cm³/mol. The van der Waals surface area contributed by atoms with Gasteiger partial charge in [-0.1, -0.05) is 4.57 Å². The van der Waals surface area contributed by atoms with Crippen molar-refractivity contribution in [1.29, 1.82) is 0 Å². The predicted octanol–water partition coefficient (Wildman–Crippen LogP) is -0.975. The van der Waals surface area contributed by atoms with Crippen LogP contribution in [-0.4, -0.2) is 33.0 Å². The summed E-state index contributed by atoms with van der Waals surface area (Å²) in [4.78, 5) is 24.2. The van der Waals surface area contributed by atoms with Crippen LogP contribution in [0.15, 0.2) is 15.8 Å². The molecule has 4 unspecified atom stereocenters. The van der Waals surface area contributed by atoms with Crippen LogP contribution in [0.4, 0.5) is 4.39 Å². The number of ether oxygens (including phenoxy) is 1. The molecule has 0 amide bonds. The molecule has 2 heterocycles. The zero-order valence-electron chi connectivity index (χ0n) is 9.65. The molecule has 4 N–H and O–H groups in total. The van der Waals surface area contributed by atoms with E-state index in [1.54, 1.807) is 4.98 Å². The van der Waals surface area contributed by atoms with Gasteiger partial charge in [0.25, 0.3) is 5.56 Å². The molecule has 0 aliphatic carbocycles. The van der Waals surface area contributed by atoms with E-state index >= 15 is 0 Å². The number of nitrogens with zero attached hydrogens (tertiary/aromatic N) is 1. The monoisotopic (exact) mass is 292 g/mol. The van der Waals surface area contributed by atoms with Crippen LogP contribution in [0.2, 0.25) is 0 Å². The molecule has 0 saturated carbocycles. The van der Waals surface area contributed by atoms with Gasteiger partial charge < -0.3 is 9.84 Å². The Balaban J connectivity index is 2.25. The first kappa shape index (κ1) is 14.0. The van der Waals surface area contributed by atoms with Crippen LogP contribution in [0, 0.1) is 5.82 Å². The van der Waals surface area contributed by atoms with Crippen molar-refractivity contribution in [3.63, 3.8) is 0 Å². The summed E-state index contributed by atoms with van der Waals surface area (Å²) in [5, 5.41) is 9.69. The highest BCUT2D eigenvalue weighted by atomic mass is 31.1. The summed E-state index contributed by atoms with van der Waals surface area (Å²) in [6.07, 6.45) is -2.03. The van der Waals surface area contributed by atoms with Gasteiger partial charge in [-0.05, 0) is 0 Å². The lowest BCUT2D eigenvalue weighted by Gasteiger charge is -2.13. The first-order valence-electron chi connectivity index (χ1n) is 5.42. The number of nitrogens with two attached hydrogens (primary N) is 1. The number of aliphatic hydroxyl groups is 1. The summed E-state index contributed by atoms with van der Waals surface area (Å²) in [7, 11) is -2.00. The molecule has 1 aromatic rings. The average molecular weight is 292 g/mol. The van der Waals surface area contributed by atoms with E-state index in [9.17, 15) is 23.7 Å². The van der Waals surface area contributed by atoms with Gasteiger partial charge in [-0.2, -0.15) is 4.39 Å². The van der Waals surface area contributed by atoms with Gasteiger partial charge in [0.15, 0.2) is 6.16 Å². The first-order chi connectivity index (χ1) is 8.88. The van der Waals surface area contributed by atoms with Crippen molar-refractivity contribution in [1.82, 2.24) is 9.55 Å². The molecule has 1 fully saturated rings. The first-order valence-corrected chi connectivity index (χ1v) is 6.93. The third kappa shape index (κ3) is 2.95. The summed E-state index contributed by atoms with van der Waals surface area (Å²) in [6, 6.07) is 0. The second kappa shape index (κ2) is 5.30. The number of aromatic amines is 1. The standard InChI is InChI=1S/C9H11FN3O5P/c10-4-2-13(9(16)12-8(4)15)7-1-5(14)6(18-7)3-19(11)17/h2,5-7,14H,1,3H2,(H2-,11,12,15,16,17)/p+1. The summed E-state index contributed by atoms with van der Waals surface area (Å²) in [5.74, 6) is -1.13. The van der Waals surface area contributed by atoms with Crippen molar-refractivity contribution >= 4 is 7.95 Å². The molecule has 104 valence electrons. The van der Waals surface area contributed by atoms with Gasteiger partial charge in [0, 0.05) is 6.42 Å². The quantitative estimate of drug-likeness (QED) is 0.615. The van der Waals surface area contributed by atoms with Gasteiger partial charge in [0.05, 0.1) is 12.3 Å². The van der Waals surface area contributed by atoms with Crippen LogP contribution in [0.25, 0.3) is 0 Å². The Morgan fingerprint density at radius 2 is 2.32 bits per heavy atom. The Kier molecular flexibility index (Phi) is 3.91. The average Bonchev–Trinajstić information content (AvgIpc) is 2.64. The molecule has 4 atom stereocenters. The SMILES string of the molecule is N[P+](=O)CC1OC(n2cc(F)c(=O)[nH]c2=O)CC1O. The maximum atomic E-state index is 13.1. The van der Waals surface area contributed by atoms with Gasteiger partial charge in [-0.25, -0.2) is 4.79 Å². The van der Waals surface area contributed by atoms with E-state index in [4.69, 9.17) is 10.2 Å². The smallest absolute Gasteiger partial charge is 0.390 e. The second-order valence-electron chi connectivity index (χ2n) is 4.18. The molecule has 0 spiro atoms. The van der Waals surface area contributed by atoms with Crippen LogP contribution in [0.3, 0.4) is 0 Å². The number of halogens is 1. The van der Waals surface area contributed by atoms with E-state index in [1.165, 1.54) is 0 Å². The summed E-state index contributed by atoms with van der Waals surface area (Å²) >= 11 is 0. The molecule has 8 nitrogen and oxygen atoms in total. The van der Waals surface area contributed by atoms with Gasteiger partial charge >= 0.3 is 13.6 Å². The number of hydrogen-bond acceptors (Lipinski definition) is 5. The van der Waals surface area contributed by atoms with E-state index in [0.29, 0.717) is 6.20 Å². The molecular formula is C9H12FN3O5P+. The zero-order valence-corrected chi connectivity index (χ0v) is 10.5. The normalized spacial score (nSPS) is 27.5. The van der Waals surface area contributed by atoms with Crippen molar-refractivity contribution < 1.29 is 18.8 Å². The molecular weight excluding hydrogens is 280 g/mol. The molecule has 1 aromatic heterocycles. The lowest BCUT2D eigenvalue weighted by Crippen LogP contribution is -2.34. The van der Waals surface area contributed by atoms with Crippen LogP contribution >= 0.6 is 7.95 Å². The van der Waals surface area contributed by atoms with Crippen LogP contribution in [0.1, 0.15) is 12.6 Å². The maximum Gasteiger partial charge on any atom is 0.432 e. The van der Waals surface area contributed by atoms with E-state index in [-0.39, 0.29) is 12.6 Å². The van der Waals surface area contributed by atoms with Crippen LogP contribution < -0.4 is 16.8 Å². The molecule has 0 radical (unpaired) electrons. The number of hydrogen-bond donors (Lipinski definition) is 3. The van der Waals surface area contributed by atoms with Crippen LogP contribution in [0.5, 0.6) is 0 Å². The molecule has 2 rings (SSSR count). The fourth-order valence-corrected chi connectivity index (χ4v) is 2.59. The minimum absolute atomic E-state index is 0.0131. The van der Waals surface area contributed by atoms with E-state index in [1.807, 2.05) is 0 Å². The Morgan fingerprint density at radius 3 is 2.95 bits per heavy atom. The Hall–Kier alpha value is -1.41. The van der Waals surface area contributed by atoms with Crippen molar-refractivity contribution in [3.8, 4) is 0 Å². The molecule has 19 heavy (non-hydrogen) atoms. The summed E-state index contributed by atoms with van der Waals surface area (Å²) in [6.45, 7) is 0. The molecule has 1 aliphatic heterocycles. The Bertz CT molecular complexity index is 615. The van der Waals surface area contributed by atoms with Crippen molar-refractivity contribution in [2.24, 2.45) is 5.50 Å². The number of H-pyrrole nitrogens is 1. The highest BCUT2D eigenvalue weighted by Gasteiger charge is 2.39. The van der Waals surface area contributed by atoms with Gasteiger partial charge in [0.2, 0.25) is 5.82 Å². The number of rotatable bonds is 3. The van der Waals surface area contributed by atoms with Gasteiger partial charge in [-0.15, -0.1) is 5.50 Å². The fraction of sp³-hybridized carbons (Fsp3) is 0.556. The lowest BCUT2D eigenvalue weighted by molar-refractivity contribution is -0.00875. The van der Waals surface area contributed by atoms with Gasteiger partial charge in [-0.3, -0.25) is 14.3 Å².